The van der Waals surface area contributed by atoms with E-state index >= 15 is 0 Å². The Labute approximate surface area is 147 Å². The van der Waals surface area contributed by atoms with Crippen LogP contribution in [-0.4, -0.2) is 11.4 Å². The monoisotopic (exact) mass is 327 g/mol. The van der Waals surface area contributed by atoms with Gasteiger partial charge in [0.25, 0.3) is 0 Å². The van der Waals surface area contributed by atoms with Crippen LogP contribution in [0.25, 0.3) is 0 Å². The van der Waals surface area contributed by atoms with Gasteiger partial charge in [-0.1, -0.05) is 88.1 Å². The molecule has 1 unspecified atom stereocenters. The summed E-state index contributed by atoms with van der Waals surface area (Å²) in [6.45, 7) is 0. The molecule has 2 nitrogen and oxygen atoms in total. The number of benzene rings is 1. The average Bonchev–Trinajstić information content (AvgIpc) is 2.59. The largest absolute Gasteiger partial charge is 0.351 e. The molecule has 2 fully saturated rings. The fourth-order valence-corrected chi connectivity index (χ4v) is 4.74. The highest BCUT2D eigenvalue weighted by atomic mass is 16.1. The molecule has 0 radical (unpaired) electrons. The molecule has 1 spiro atoms. The summed E-state index contributed by atoms with van der Waals surface area (Å²) in [6.07, 6.45) is 16.2. The molecule has 1 aliphatic heterocycles. The Morgan fingerprint density at radius 3 is 1.92 bits per heavy atom. The van der Waals surface area contributed by atoms with E-state index < -0.39 is 0 Å². The Hall–Kier alpha value is -1.31. The molecule has 1 saturated heterocycles. The van der Waals surface area contributed by atoms with Gasteiger partial charge in [0.15, 0.2) is 0 Å². The molecular formula is C22H33NO. The second-order valence-corrected chi connectivity index (χ2v) is 8.03. The third-order valence-corrected chi connectivity index (χ3v) is 6.06. The van der Waals surface area contributed by atoms with Crippen molar-refractivity contribution < 1.29 is 4.79 Å². The molecular weight excluding hydrogens is 294 g/mol. The molecule has 24 heavy (non-hydrogen) atoms. The summed E-state index contributed by atoms with van der Waals surface area (Å²) in [5.41, 5.74) is 1.40. The lowest BCUT2D eigenvalue weighted by Crippen LogP contribution is -2.53. The molecule has 132 valence electrons. The topological polar surface area (TPSA) is 29.1 Å². The van der Waals surface area contributed by atoms with Gasteiger partial charge in [-0.2, -0.15) is 0 Å². The minimum absolute atomic E-state index is 0.0506. The predicted octanol–water partition coefficient (Wildman–Crippen LogP) is 5.72. The lowest BCUT2D eigenvalue weighted by Gasteiger charge is -2.42. The first-order valence-corrected chi connectivity index (χ1v) is 10.1. The molecule has 2 heteroatoms. The standard InChI is InChI=1S/C22H33NO/c24-21-17-20(19-13-9-8-10-14-19)18-22(23-21)15-11-6-4-2-1-3-5-7-12-16-22/h8-10,13-14,20H,1-7,11-12,15-18H2,(H,23,24). The van der Waals surface area contributed by atoms with E-state index in [1.54, 1.807) is 0 Å². The Morgan fingerprint density at radius 1 is 0.792 bits per heavy atom. The fraction of sp³-hybridized carbons (Fsp3) is 0.682. The summed E-state index contributed by atoms with van der Waals surface area (Å²) < 4.78 is 0. The van der Waals surface area contributed by atoms with Crippen LogP contribution >= 0.6 is 0 Å². The van der Waals surface area contributed by atoms with Crippen molar-refractivity contribution in [2.24, 2.45) is 0 Å². The van der Waals surface area contributed by atoms with Gasteiger partial charge < -0.3 is 5.32 Å². The predicted molar refractivity (Wildman–Crippen MR) is 100 cm³/mol. The maximum Gasteiger partial charge on any atom is 0.221 e. The zero-order chi connectivity index (χ0) is 16.7. The minimum atomic E-state index is 0.0506. The average molecular weight is 328 g/mol. The van der Waals surface area contributed by atoms with Crippen molar-refractivity contribution in [2.45, 2.75) is 94.9 Å². The van der Waals surface area contributed by atoms with E-state index in [0.717, 1.165) is 6.42 Å². The zero-order valence-electron chi connectivity index (χ0n) is 15.1. The number of amides is 1. The number of hydrogen-bond donors (Lipinski definition) is 1. The quantitative estimate of drug-likeness (QED) is 0.702. The normalized spacial score (nSPS) is 26.2. The summed E-state index contributed by atoms with van der Waals surface area (Å²) in [7, 11) is 0. The van der Waals surface area contributed by atoms with Crippen LogP contribution in [0, 0.1) is 0 Å². The Morgan fingerprint density at radius 2 is 1.33 bits per heavy atom. The molecule has 3 rings (SSSR count). The second kappa shape index (κ2) is 8.69. The molecule has 1 aliphatic carbocycles. The van der Waals surface area contributed by atoms with Crippen LogP contribution in [-0.2, 0) is 4.79 Å². The van der Waals surface area contributed by atoms with Crippen LogP contribution in [0.2, 0.25) is 0 Å². The maximum atomic E-state index is 12.5. The Balaban J connectivity index is 1.72. The van der Waals surface area contributed by atoms with Crippen molar-refractivity contribution in [2.75, 3.05) is 0 Å². The number of carbonyl (C=O) groups is 1. The highest BCUT2D eigenvalue weighted by Gasteiger charge is 2.39. The molecule has 1 atom stereocenters. The Kier molecular flexibility index (Phi) is 6.34. The van der Waals surface area contributed by atoms with Crippen LogP contribution in [0.1, 0.15) is 95.0 Å². The van der Waals surface area contributed by atoms with Gasteiger partial charge in [-0.3, -0.25) is 4.79 Å². The van der Waals surface area contributed by atoms with E-state index in [1.165, 1.54) is 76.2 Å². The van der Waals surface area contributed by atoms with Gasteiger partial charge in [-0.15, -0.1) is 0 Å². The highest BCUT2D eigenvalue weighted by Crippen LogP contribution is 2.39. The summed E-state index contributed by atoms with van der Waals surface area (Å²) in [6, 6.07) is 10.7. The van der Waals surface area contributed by atoms with E-state index in [4.69, 9.17) is 0 Å². The minimum Gasteiger partial charge on any atom is -0.351 e. The number of carbonyl (C=O) groups excluding carboxylic acids is 1. The van der Waals surface area contributed by atoms with Crippen LogP contribution in [0.3, 0.4) is 0 Å². The molecule has 1 aromatic rings. The smallest absolute Gasteiger partial charge is 0.221 e. The highest BCUT2D eigenvalue weighted by molar-refractivity contribution is 5.79. The number of hydrogen-bond acceptors (Lipinski definition) is 1. The van der Waals surface area contributed by atoms with E-state index in [9.17, 15) is 4.79 Å². The first kappa shape index (κ1) is 17.5. The van der Waals surface area contributed by atoms with Gasteiger partial charge >= 0.3 is 0 Å². The lowest BCUT2D eigenvalue weighted by atomic mass is 9.73. The third kappa shape index (κ3) is 4.84. The number of piperidine rings is 1. The first-order valence-electron chi connectivity index (χ1n) is 10.1. The Bertz CT molecular complexity index is 498. The molecule has 1 amide bonds. The van der Waals surface area contributed by atoms with Gasteiger partial charge in [0, 0.05) is 12.0 Å². The van der Waals surface area contributed by atoms with Gasteiger partial charge in [-0.05, 0) is 30.7 Å². The van der Waals surface area contributed by atoms with Crippen LogP contribution in [0.5, 0.6) is 0 Å². The van der Waals surface area contributed by atoms with E-state index in [0.29, 0.717) is 12.3 Å². The van der Waals surface area contributed by atoms with Crippen molar-refractivity contribution in [3.63, 3.8) is 0 Å². The van der Waals surface area contributed by atoms with Gasteiger partial charge in [0.05, 0.1) is 0 Å². The summed E-state index contributed by atoms with van der Waals surface area (Å²) in [4.78, 5) is 12.5. The van der Waals surface area contributed by atoms with Gasteiger partial charge in [-0.25, -0.2) is 0 Å². The van der Waals surface area contributed by atoms with Crippen molar-refractivity contribution in [3.8, 4) is 0 Å². The summed E-state index contributed by atoms with van der Waals surface area (Å²) in [5.74, 6) is 0.662. The molecule has 1 aromatic carbocycles. The van der Waals surface area contributed by atoms with Crippen molar-refractivity contribution in [3.05, 3.63) is 35.9 Å². The number of nitrogens with one attached hydrogen (secondary N) is 1. The fourth-order valence-electron chi connectivity index (χ4n) is 4.74. The maximum absolute atomic E-state index is 12.5. The van der Waals surface area contributed by atoms with Crippen LogP contribution in [0.15, 0.2) is 30.3 Å². The molecule has 0 bridgehead atoms. The zero-order valence-corrected chi connectivity index (χ0v) is 15.1. The van der Waals surface area contributed by atoms with E-state index in [1.807, 2.05) is 0 Å². The lowest BCUT2D eigenvalue weighted by molar-refractivity contribution is -0.126. The van der Waals surface area contributed by atoms with Crippen molar-refractivity contribution >= 4 is 5.91 Å². The number of rotatable bonds is 1. The van der Waals surface area contributed by atoms with E-state index in [-0.39, 0.29) is 11.4 Å². The van der Waals surface area contributed by atoms with Crippen molar-refractivity contribution in [1.82, 2.24) is 5.32 Å². The molecule has 1 saturated carbocycles. The summed E-state index contributed by atoms with van der Waals surface area (Å²) >= 11 is 0. The second-order valence-electron chi connectivity index (χ2n) is 8.03. The van der Waals surface area contributed by atoms with Crippen molar-refractivity contribution in [1.29, 1.82) is 0 Å². The van der Waals surface area contributed by atoms with Gasteiger partial charge in [0.1, 0.15) is 0 Å². The third-order valence-electron chi connectivity index (χ3n) is 6.06. The first-order chi connectivity index (χ1) is 11.8. The molecule has 0 aromatic heterocycles. The molecule has 1 N–H and O–H groups in total. The van der Waals surface area contributed by atoms with Crippen LogP contribution in [0.4, 0.5) is 0 Å². The van der Waals surface area contributed by atoms with E-state index in [2.05, 4.69) is 35.6 Å². The SMILES string of the molecule is O=C1CC(c2ccccc2)CC2(CCCCCCCCCCC2)N1. The molecule has 2 aliphatic rings. The van der Waals surface area contributed by atoms with Gasteiger partial charge in [0.2, 0.25) is 5.91 Å². The molecule has 1 heterocycles. The summed E-state index contributed by atoms with van der Waals surface area (Å²) in [5, 5.41) is 3.44. The van der Waals surface area contributed by atoms with Crippen LogP contribution < -0.4 is 5.32 Å².